The zero-order chi connectivity index (χ0) is 14.3. The molecule has 0 aliphatic carbocycles. The Hall–Kier alpha value is -2.10. The Labute approximate surface area is 113 Å². The number of amides is 1. The standard InChI is InChI=1S/C15H19NO3/c1-3-4-10-13(15(18)19)16-14(17)11(2)12-8-6-5-7-9-12/h3-9,11,13H,10H2,1-2H3,(H,16,17)(H,18,19)/b4-3+. The van der Waals surface area contributed by atoms with E-state index in [1.54, 1.807) is 19.1 Å². The Morgan fingerprint density at radius 2 is 1.95 bits per heavy atom. The van der Waals surface area contributed by atoms with E-state index in [1.807, 2.05) is 37.3 Å². The molecule has 4 nitrogen and oxygen atoms in total. The molecule has 1 aromatic carbocycles. The number of hydrogen-bond donors (Lipinski definition) is 2. The van der Waals surface area contributed by atoms with Gasteiger partial charge >= 0.3 is 5.97 Å². The van der Waals surface area contributed by atoms with Crippen molar-refractivity contribution < 1.29 is 14.7 Å². The van der Waals surface area contributed by atoms with Gasteiger partial charge in [0.1, 0.15) is 6.04 Å². The number of benzene rings is 1. The van der Waals surface area contributed by atoms with Crippen molar-refractivity contribution in [3.8, 4) is 0 Å². The first-order valence-corrected chi connectivity index (χ1v) is 6.25. The minimum Gasteiger partial charge on any atom is -0.480 e. The molecule has 0 saturated carbocycles. The van der Waals surface area contributed by atoms with Crippen molar-refractivity contribution in [2.45, 2.75) is 32.2 Å². The van der Waals surface area contributed by atoms with Crippen molar-refractivity contribution in [3.63, 3.8) is 0 Å². The van der Waals surface area contributed by atoms with Crippen molar-refractivity contribution in [3.05, 3.63) is 48.0 Å². The average molecular weight is 261 g/mol. The van der Waals surface area contributed by atoms with Gasteiger partial charge in [0.25, 0.3) is 0 Å². The second kappa shape index (κ2) is 7.36. The van der Waals surface area contributed by atoms with Crippen LogP contribution in [0.3, 0.4) is 0 Å². The first-order valence-electron chi connectivity index (χ1n) is 6.25. The van der Waals surface area contributed by atoms with Crippen LogP contribution in [0.5, 0.6) is 0 Å². The smallest absolute Gasteiger partial charge is 0.326 e. The van der Waals surface area contributed by atoms with E-state index in [2.05, 4.69) is 5.32 Å². The van der Waals surface area contributed by atoms with Crippen molar-refractivity contribution in [1.82, 2.24) is 5.32 Å². The summed E-state index contributed by atoms with van der Waals surface area (Å²) >= 11 is 0. The van der Waals surface area contributed by atoms with Crippen molar-refractivity contribution >= 4 is 11.9 Å². The molecule has 1 rings (SSSR count). The van der Waals surface area contributed by atoms with Gasteiger partial charge < -0.3 is 10.4 Å². The number of carbonyl (C=O) groups excluding carboxylic acids is 1. The van der Waals surface area contributed by atoms with Crippen LogP contribution in [0.1, 0.15) is 31.7 Å². The Bertz CT molecular complexity index is 454. The normalized spacial score (nSPS) is 14.0. The first kappa shape index (κ1) is 15.0. The second-order valence-corrected chi connectivity index (χ2v) is 4.34. The number of nitrogens with one attached hydrogen (secondary N) is 1. The lowest BCUT2D eigenvalue weighted by Gasteiger charge is -2.17. The fraction of sp³-hybridized carbons (Fsp3) is 0.333. The molecule has 102 valence electrons. The Kier molecular flexibility index (Phi) is 5.79. The first-order chi connectivity index (χ1) is 9.06. The number of carboxylic acids is 1. The lowest BCUT2D eigenvalue weighted by Crippen LogP contribution is -2.42. The van der Waals surface area contributed by atoms with E-state index in [9.17, 15) is 9.59 Å². The van der Waals surface area contributed by atoms with Crippen LogP contribution < -0.4 is 5.32 Å². The molecule has 0 aliphatic heterocycles. The van der Waals surface area contributed by atoms with Gasteiger partial charge in [0.05, 0.1) is 5.92 Å². The molecule has 0 saturated heterocycles. The number of hydrogen-bond acceptors (Lipinski definition) is 2. The molecule has 19 heavy (non-hydrogen) atoms. The van der Waals surface area contributed by atoms with Crippen LogP contribution in [0.15, 0.2) is 42.5 Å². The Balaban J connectivity index is 2.69. The summed E-state index contributed by atoms with van der Waals surface area (Å²) in [6, 6.07) is 8.41. The third-order valence-electron chi connectivity index (χ3n) is 2.91. The molecule has 0 aromatic heterocycles. The van der Waals surface area contributed by atoms with Crippen molar-refractivity contribution in [2.24, 2.45) is 0 Å². The number of carbonyl (C=O) groups is 2. The zero-order valence-electron chi connectivity index (χ0n) is 11.2. The maximum atomic E-state index is 12.0. The molecule has 2 atom stereocenters. The highest BCUT2D eigenvalue weighted by atomic mass is 16.4. The SMILES string of the molecule is C/C=C/CC(NC(=O)C(C)c1ccccc1)C(=O)O. The van der Waals surface area contributed by atoms with E-state index >= 15 is 0 Å². The molecule has 2 N–H and O–H groups in total. The number of aliphatic carboxylic acids is 1. The molecule has 1 aromatic rings. The molecule has 4 heteroatoms. The summed E-state index contributed by atoms with van der Waals surface area (Å²) < 4.78 is 0. The minimum atomic E-state index is -1.02. The third kappa shape index (κ3) is 4.58. The van der Waals surface area contributed by atoms with Crippen LogP contribution >= 0.6 is 0 Å². The highest BCUT2D eigenvalue weighted by molar-refractivity contribution is 5.87. The largest absolute Gasteiger partial charge is 0.480 e. The number of rotatable bonds is 6. The molecule has 0 radical (unpaired) electrons. The molecular formula is C15H19NO3. The predicted molar refractivity (Wildman–Crippen MR) is 73.9 cm³/mol. The van der Waals surface area contributed by atoms with Crippen molar-refractivity contribution in [1.29, 1.82) is 0 Å². The molecule has 0 spiro atoms. The van der Waals surface area contributed by atoms with Gasteiger partial charge in [-0.1, -0.05) is 42.5 Å². The van der Waals surface area contributed by atoms with Gasteiger partial charge in [0, 0.05) is 0 Å². The summed E-state index contributed by atoms with van der Waals surface area (Å²) in [4.78, 5) is 23.1. The molecule has 0 aliphatic rings. The van der Waals surface area contributed by atoms with Crippen LogP contribution in [0.4, 0.5) is 0 Å². The summed E-state index contributed by atoms with van der Waals surface area (Å²) in [6.07, 6.45) is 3.79. The lowest BCUT2D eigenvalue weighted by molar-refractivity contribution is -0.141. The van der Waals surface area contributed by atoms with Gasteiger partial charge in [0.15, 0.2) is 0 Å². The van der Waals surface area contributed by atoms with E-state index < -0.39 is 12.0 Å². The van der Waals surface area contributed by atoms with E-state index in [0.29, 0.717) is 6.42 Å². The van der Waals surface area contributed by atoms with E-state index in [1.165, 1.54) is 0 Å². The predicted octanol–water partition coefficient (Wildman–Crippen LogP) is 2.33. The zero-order valence-corrected chi connectivity index (χ0v) is 11.2. The second-order valence-electron chi connectivity index (χ2n) is 4.34. The molecule has 0 bridgehead atoms. The van der Waals surface area contributed by atoms with Gasteiger partial charge in [-0.3, -0.25) is 4.79 Å². The summed E-state index contributed by atoms with van der Waals surface area (Å²) in [7, 11) is 0. The molecule has 1 amide bonds. The molecule has 2 unspecified atom stereocenters. The minimum absolute atomic E-state index is 0.275. The lowest BCUT2D eigenvalue weighted by atomic mass is 10.00. The fourth-order valence-corrected chi connectivity index (χ4v) is 1.68. The third-order valence-corrected chi connectivity index (χ3v) is 2.91. The van der Waals surface area contributed by atoms with Gasteiger partial charge in [-0.05, 0) is 25.8 Å². The van der Waals surface area contributed by atoms with Gasteiger partial charge in [-0.25, -0.2) is 4.79 Å². The Morgan fingerprint density at radius 3 is 2.47 bits per heavy atom. The van der Waals surface area contributed by atoms with Crippen LogP contribution in [0.25, 0.3) is 0 Å². The molecule has 0 fully saturated rings. The van der Waals surface area contributed by atoms with Crippen LogP contribution in [-0.2, 0) is 9.59 Å². The van der Waals surface area contributed by atoms with Gasteiger partial charge in [-0.2, -0.15) is 0 Å². The highest BCUT2D eigenvalue weighted by Gasteiger charge is 2.22. The van der Waals surface area contributed by atoms with E-state index in [-0.39, 0.29) is 11.8 Å². The summed E-state index contributed by atoms with van der Waals surface area (Å²) in [6.45, 7) is 3.58. The van der Waals surface area contributed by atoms with Gasteiger partial charge in [0.2, 0.25) is 5.91 Å². The highest BCUT2D eigenvalue weighted by Crippen LogP contribution is 2.14. The van der Waals surface area contributed by atoms with Crippen molar-refractivity contribution in [2.75, 3.05) is 0 Å². The van der Waals surface area contributed by atoms with E-state index in [4.69, 9.17) is 5.11 Å². The fourth-order valence-electron chi connectivity index (χ4n) is 1.68. The maximum Gasteiger partial charge on any atom is 0.326 e. The average Bonchev–Trinajstić information content (AvgIpc) is 2.43. The van der Waals surface area contributed by atoms with Crippen LogP contribution in [0.2, 0.25) is 0 Å². The topological polar surface area (TPSA) is 66.4 Å². The maximum absolute atomic E-state index is 12.0. The monoisotopic (exact) mass is 261 g/mol. The van der Waals surface area contributed by atoms with Gasteiger partial charge in [-0.15, -0.1) is 0 Å². The molecule has 0 heterocycles. The van der Waals surface area contributed by atoms with E-state index in [0.717, 1.165) is 5.56 Å². The summed E-state index contributed by atoms with van der Waals surface area (Å²) in [5.74, 6) is -1.66. The summed E-state index contributed by atoms with van der Waals surface area (Å²) in [5, 5.41) is 11.6. The number of carboxylic acid groups (broad SMARTS) is 1. The quantitative estimate of drug-likeness (QED) is 0.772. The molecular weight excluding hydrogens is 242 g/mol. The van der Waals surface area contributed by atoms with Crippen LogP contribution in [-0.4, -0.2) is 23.0 Å². The number of allylic oxidation sites excluding steroid dienone is 1. The van der Waals surface area contributed by atoms with Crippen LogP contribution in [0, 0.1) is 0 Å². The summed E-state index contributed by atoms with van der Waals surface area (Å²) in [5.41, 5.74) is 0.871. The Morgan fingerprint density at radius 1 is 1.32 bits per heavy atom.